The van der Waals surface area contributed by atoms with E-state index in [9.17, 15) is 9.36 Å². The van der Waals surface area contributed by atoms with E-state index in [1.54, 1.807) is 20.8 Å². The van der Waals surface area contributed by atoms with Gasteiger partial charge >= 0.3 is 7.60 Å². The highest BCUT2D eigenvalue weighted by Crippen LogP contribution is 2.56. The molecule has 0 radical (unpaired) electrons. The average molecular weight is 260 g/mol. The lowest BCUT2D eigenvalue weighted by Gasteiger charge is -2.24. The highest BCUT2D eigenvalue weighted by molar-refractivity contribution is 7.54. The lowest BCUT2D eigenvalue weighted by molar-refractivity contribution is -0.114. The van der Waals surface area contributed by atoms with Crippen LogP contribution in [0.15, 0.2) is 11.1 Å². The number of hydrogen-bond acceptors (Lipinski definition) is 4. The highest BCUT2D eigenvalue weighted by Gasteiger charge is 2.37. The molecule has 0 bridgehead atoms. The summed E-state index contributed by atoms with van der Waals surface area (Å²) in [6, 6.07) is 0. The Balaban J connectivity index is 2.97. The van der Waals surface area contributed by atoms with Crippen LogP contribution in [0, 0.1) is 0 Å². The third-order valence-electron chi connectivity index (χ3n) is 3.12. The van der Waals surface area contributed by atoms with Crippen LogP contribution in [-0.4, -0.2) is 24.7 Å². The molecular formula is C12H21O4P. The Bertz CT molecular complexity index is 363. The molecule has 0 saturated carbocycles. The normalized spacial score (nSPS) is 18.9. The molecule has 0 aliphatic heterocycles. The largest absolute Gasteiger partial charge is 0.337 e. The summed E-state index contributed by atoms with van der Waals surface area (Å²) in [5.74, 6) is 0.145. The van der Waals surface area contributed by atoms with Gasteiger partial charge in [-0.2, -0.15) is 0 Å². The summed E-state index contributed by atoms with van der Waals surface area (Å²) in [5, 5.41) is 0. The van der Waals surface area contributed by atoms with Crippen molar-refractivity contribution in [3.63, 3.8) is 0 Å². The van der Waals surface area contributed by atoms with E-state index < -0.39 is 7.60 Å². The summed E-state index contributed by atoms with van der Waals surface area (Å²) in [6.45, 7) is 7.90. The van der Waals surface area contributed by atoms with E-state index in [0.717, 1.165) is 11.1 Å². The molecule has 4 nitrogen and oxygen atoms in total. The van der Waals surface area contributed by atoms with Crippen molar-refractivity contribution >= 4 is 13.4 Å². The van der Waals surface area contributed by atoms with Gasteiger partial charge in [-0.1, -0.05) is 0 Å². The molecule has 0 saturated heterocycles. The first-order valence-corrected chi connectivity index (χ1v) is 7.69. The maximum Gasteiger partial charge on any atom is 0.337 e. The summed E-state index contributed by atoms with van der Waals surface area (Å²) in [6.07, 6.45) is 1.19. The lowest BCUT2D eigenvalue weighted by Crippen LogP contribution is -2.12. The Kier molecular flexibility index (Phi) is 5.11. The van der Waals surface area contributed by atoms with Gasteiger partial charge in [-0.3, -0.25) is 9.36 Å². The molecule has 0 fully saturated rings. The molecule has 0 aromatic heterocycles. The first-order chi connectivity index (χ1) is 7.96. The predicted molar refractivity (Wildman–Crippen MR) is 67.3 cm³/mol. The van der Waals surface area contributed by atoms with E-state index in [-0.39, 0.29) is 11.4 Å². The van der Waals surface area contributed by atoms with Crippen molar-refractivity contribution in [3.05, 3.63) is 11.1 Å². The lowest BCUT2D eigenvalue weighted by atomic mass is 10.1. The fourth-order valence-electron chi connectivity index (χ4n) is 2.14. The summed E-state index contributed by atoms with van der Waals surface area (Å²) in [4.78, 5) is 11.5. The summed E-state index contributed by atoms with van der Waals surface area (Å²) in [7, 11) is -3.13. The zero-order chi connectivity index (χ0) is 13.1. The second-order valence-corrected chi connectivity index (χ2v) is 6.50. The Morgan fingerprint density at radius 3 is 2.12 bits per heavy atom. The van der Waals surface area contributed by atoms with Crippen LogP contribution >= 0.6 is 7.60 Å². The monoisotopic (exact) mass is 260 g/mol. The number of carbonyl (C=O) groups excluding carboxylic acids is 1. The van der Waals surface area contributed by atoms with Gasteiger partial charge in [0, 0.05) is 6.42 Å². The average Bonchev–Trinajstić information content (AvgIpc) is 2.59. The quantitative estimate of drug-likeness (QED) is 0.687. The number of ketones is 1. The maximum atomic E-state index is 12.6. The standard InChI is InChI=1S/C12H21O4P/c1-5-15-17(14,16-6-2)10(4)11-7-8-12(13)9(11)3/h10H,5-8H2,1-4H3. The number of carbonyl (C=O) groups is 1. The van der Waals surface area contributed by atoms with Crippen LogP contribution in [0.5, 0.6) is 0 Å². The molecule has 17 heavy (non-hydrogen) atoms. The van der Waals surface area contributed by atoms with Crippen LogP contribution in [0.3, 0.4) is 0 Å². The second kappa shape index (κ2) is 5.94. The SMILES string of the molecule is CCOP(=O)(OCC)C(C)C1=C(C)C(=O)CC1. The number of rotatable bonds is 6. The molecule has 0 N–H and O–H groups in total. The molecule has 0 spiro atoms. The fourth-order valence-corrected chi connectivity index (χ4v) is 4.08. The molecule has 0 aromatic rings. The second-order valence-electron chi connectivity index (χ2n) is 4.12. The van der Waals surface area contributed by atoms with Crippen molar-refractivity contribution in [2.24, 2.45) is 0 Å². The van der Waals surface area contributed by atoms with Crippen LogP contribution in [0.25, 0.3) is 0 Å². The summed E-state index contributed by atoms with van der Waals surface area (Å²) >= 11 is 0. The molecule has 5 heteroatoms. The van der Waals surface area contributed by atoms with Crippen molar-refractivity contribution in [3.8, 4) is 0 Å². The highest BCUT2D eigenvalue weighted by atomic mass is 31.2. The van der Waals surface area contributed by atoms with Gasteiger partial charge in [0.15, 0.2) is 5.78 Å². The first kappa shape index (κ1) is 14.6. The smallest absolute Gasteiger partial charge is 0.308 e. The van der Waals surface area contributed by atoms with Crippen LogP contribution in [0.1, 0.15) is 40.5 Å². The molecule has 1 aliphatic rings. The predicted octanol–water partition coefficient (Wildman–Crippen LogP) is 3.32. The zero-order valence-electron chi connectivity index (χ0n) is 11.0. The van der Waals surface area contributed by atoms with Crippen LogP contribution in [0.2, 0.25) is 0 Å². The fraction of sp³-hybridized carbons (Fsp3) is 0.750. The molecular weight excluding hydrogens is 239 g/mol. The number of hydrogen-bond donors (Lipinski definition) is 0. The van der Waals surface area contributed by atoms with Crippen molar-refractivity contribution in [1.29, 1.82) is 0 Å². The van der Waals surface area contributed by atoms with Crippen molar-refractivity contribution in [2.75, 3.05) is 13.2 Å². The zero-order valence-corrected chi connectivity index (χ0v) is 11.9. The van der Waals surface area contributed by atoms with Crippen molar-refractivity contribution < 1.29 is 18.4 Å². The van der Waals surface area contributed by atoms with E-state index in [1.165, 1.54) is 0 Å². The Morgan fingerprint density at radius 1 is 1.24 bits per heavy atom. The van der Waals surface area contributed by atoms with Gasteiger partial charge in [-0.05, 0) is 45.3 Å². The van der Waals surface area contributed by atoms with E-state index in [2.05, 4.69) is 0 Å². The third-order valence-corrected chi connectivity index (χ3v) is 5.61. The van der Waals surface area contributed by atoms with Crippen molar-refractivity contribution in [2.45, 2.75) is 46.2 Å². The maximum absolute atomic E-state index is 12.6. The van der Waals surface area contributed by atoms with Gasteiger partial charge in [0.1, 0.15) is 0 Å². The van der Waals surface area contributed by atoms with Crippen LogP contribution in [0.4, 0.5) is 0 Å². The van der Waals surface area contributed by atoms with Crippen LogP contribution in [-0.2, 0) is 18.4 Å². The molecule has 0 aromatic carbocycles. The van der Waals surface area contributed by atoms with Gasteiger partial charge < -0.3 is 9.05 Å². The van der Waals surface area contributed by atoms with Crippen LogP contribution < -0.4 is 0 Å². The van der Waals surface area contributed by atoms with Gasteiger partial charge in [0.25, 0.3) is 0 Å². The minimum atomic E-state index is -3.13. The topological polar surface area (TPSA) is 52.6 Å². The Labute approximate surface area is 103 Å². The molecule has 1 aliphatic carbocycles. The Morgan fingerprint density at radius 2 is 1.76 bits per heavy atom. The molecule has 0 heterocycles. The summed E-state index contributed by atoms with van der Waals surface area (Å²) in [5.41, 5.74) is 1.34. The van der Waals surface area contributed by atoms with Crippen molar-refractivity contribution in [1.82, 2.24) is 0 Å². The molecule has 98 valence electrons. The number of Topliss-reactive ketones (excluding diaryl/α,β-unsaturated/α-hetero) is 1. The van der Waals surface area contributed by atoms with Gasteiger partial charge in [-0.25, -0.2) is 0 Å². The van der Waals surface area contributed by atoms with Gasteiger partial charge in [0.05, 0.1) is 18.9 Å². The molecule has 1 unspecified atom stereocenters. The Hall–Kier alpha value is -0.440. The molecule has 1 atom stereocenters. The molecule has 0 amide bonds. The van der Waals surface area contributed by atoms with E-state index in [4.69, 9.17) is 9.05 Å². The minimum Gasteiger partial charge on any atom is -0.308 e. The van der Waals surface area contributed by atoms with E-state index >= 15 is 0 Å². The summed E-state index contributed by atoms with van der Waals surface area (Å²) < 4.78 is 23.2. The minimum absolute atomic E-state index is 0.145. The van der Waals surface area contributed by atoms with E-state index in [0.29, 0.717) is 26.1 Å². The van der Waals surface area contributed by atoms with Gasteiger partial charge in [0.2, 0.25) is 0 Å². The number of allylic oxidation sites excluding steroid dienone is 2. The first-order valence-electron chi connectivity index (χ1n) is 6.07. The third kappa shape index (κ3) is 3.06. The molecule has 1 rings (SSSR count). The van der Waals surface area contributed by atoms with E-state index in [1.807, 2.05) is 6.92 Å². The van der Waals surface area contributed by atoms with Gasteiger partial charge in [-0.15, -0.1) is 0 Å².